The average molecular weight is 529 g/mol. The van der Waals surface area contributed by atoms with Crippen molar-refractivity contribution in [1.82, 2.24) is 10.6 Å². The van der Waals surface area contributed by atoms with Crippen LogP contribution >= 0.6 is 0 Å². The number of amides is 4. The molecule has 0 aromatic heterocycles. The highest BCUT2D eigenvalue weighted by molar-refractivity contribution is 6.05. The predicted molar refractivity (Wildman–Crippen MR) is 153 cm³/mol. The van der Waals surface area contributed by atoms with E-state index in [2.05, 4.69) is 22.0 Å². The number of urea groups is 1. The van der Waals surface area contributed by atoms with E-state index in [9.17, 15) is 14.4 Å². The Labute approximate surface area is 229 Å². The Kier molecular flexibility index (Phi) is 8.24. The van der Waals surface area contributed by atoms with Gasteiger partial charge in [0, 0.05) is 28.9 Å². The van der Waals surface area contributed by atoms with Crippen molar-refractivity contribution in [1.29, 1.82) is 0 Å². The van der Waals surface area contributed by atoms with Crippen LogP contribution in [0.4, 0.5) is 16.2 Å². The Balaban J connectivity index is 1.71. The van der Waals surface area contributed by atoms with Crippen molar-refractivity contribution in [2.45, 2.75) is 51.6 Å². The van der Waals surface area contributed by atoms with Gasteiger partial charge in [-0.05, 0) is 63.4 Å². The Morgan fingerprint density at radius 3 is 2.44 bits per heavy atom. The summed E-state index contributed by atoms with van der Waals surface area (Å²) < 4.78 is 5.24. The van der Waals surface area contributed by atoms with Gasteiger partial charge in [0.25, 0.3) is 0 Å². The molecule has 0 saturated heterocycles. The van der Waals surface area contributed by atoms with Crippen molar-refractivity contribution in [3.05, 3.63) is 89.5 Å². The third kappa shape index (κ3) is 6.96. The summed E-state index contributed by atoms with van der Waals surface area (Å²) in [6.07, 6.45) is 0.336. The lowest BCUT2D eigenvalue weighted by Crippen LogP contribution is -2.53. The smallest absolute Gasteiger partial charge is 0.319 e. The fraction of sp³-hybridized carbons (Fsp3) is 0.323. The molecule has 2 unspecified atom stereocenters. The number of methoxy groups -OCH3 is 1. The molecule has 0 saturated carbocycles. The highest BCUT2D eigenvalue weighted by atomic mass is 16.5. The first kappa shape index (κ1) is 27.7. The number of fused-ring (bicyclic) bond motifs is 1. The molecule has 0 spiro atoms. The van der Waals surface area contributed by atoms with Crippen molar-refractivity contribution < 1.29 is 19.1 Å². The molecule has 4 amide bonds. The molecule has 0 bridgehead atoms. The van der Waals surface area contributed by atoms with Gasteiger partial charge in [0.05, 0.1) is 7.11 Å². The third-order valence-corrected chi connectivity index (χ3v) is 6.54. The van der Waals surface area contributed by atoms with Gasteiger partial charge in [0.2, 0.25) is 11.8 Å². The van der Waals surface area contributed by atoms with Crippen molar-refractivity contribution >= 4 is 29.2 Å². The lowest BCUT2D eigenvalue weighted by Gasteiger charge is -2.28. The van der Waals surface area contributed by atoms with Crippen molar-refractivity contribution in [2.75, 3.05) is 23.9 Å². The minimum atomic E-state index is -0.879. The summed E-state index contributed by atoms with van der Waals surface area (Å²) in [7, 11) is 1.55. The first-order chi connectivity index (χ1) is 18.5. The number of carbonyl (C=O) groups excluding carboxylic acids is 3. The number of benzene rings is 3. The number of rotatable bonds is 6. The Bertz CT molecular complexity index is 1350. The normalized spacial score (nSPS) is 17.1. The molecule has 3 aromatic rings. The molecule has 3 N–H and O–H groups in total. The minimum absolute atomic E-state index is 0.163. The number of aryl methyl sites for hydroxylation is 1. The fourth-order valence-corrected chi connectivity index (χ4v) is 4.88. The van der Waals surface area contributed by atoms with E-state index >= 15 is 0 Å². The average Bonchev–Trinajstić information content (AvgIpc) is 2.98. The Morgan fingerprint density at radius 1 is 1.00 bits per heavy atom. The summed E-state index contributed by atoms with van der Waals surface area (Å²) in [6, 6.07) is 21.4. The van der Waals surface area contributed by atoms with E-state index in [4.69, 9.17) is 4.74 Å². The summed E-state index contributed by atoms with van der Waals surface area (Å²) in [6.45, 7) is 7.52. The molecule has 204 valence electrons. The SMILES string of the molecule is COc1cccc(NC(=O)NC2CC(c3ccccc3)c3cc(C)ccc3N(CC(=O)NC(C)(C)C)C2=O)c1. The first-order valence-corrected chi connectivity index (χ1v) is 13.0. The molecular formula is C31H36N4O4. The van der Waals surface area contributed by atoms with Crippen LogP contribution in [0.2, 0.25) is 0 Å². The van der Waals surface area contributed by atoms with E-state index in [1.807, 2.05) is 70.2 Å². The third-order valence-electron chi connectivity index (χ3n) is 6.54. The zero-order valence-corrected chi connectivity index (χ0v) is 23.1. The van der Waals surface area contributed by atoms with Crippen molar-refractivity contribution in [3.8, 4) is 5.75 Å². The van der Waals surface area contributed by atoms with Gasteiger partial charge in [-0.15, -0.1) is 0 Å². The van der Waals surface area contributed by atoms with E-state index in [-0.39, 0.29) is 24.3 Å². The van der Waals surface area contributed by atoms with E-state index in [1.165, 1.54) is 4.90 Å². The molecule has 3 aromatic carbocycles. The van der Waals surface area contributed by atoms with E-state index in [0.717, 1.165) is 16.7 Å². The molecule has 39 heavy (non-hydrogen) atoms. The molecule has 0 fully saturated rings. The van der Waals surface area contributed by atoms with Crippen LogP contribution in [0.5, 0.6) is 5.75 Å². The summed E-state index contributed by atoms with van der Waals surface area (Å²) in [4.78, 5) is 41.7. The number of anilines is 2. The van der Waals surface area contributed by atoms with Crippen LogP contribution in [0, 0.1) is 6.92 Å². The molecule has 8 heteroatoms. The fourth-order valence-electron chi connectivity index (χ4n) is 4.88. The largest absolute Gasteiger partial charge is 0.497 e. The monoisotopic (exact) mass is 528 g/mol. The standard InChI is InChI=1S/C31H36N4O4/c1-20-14-15-27-25(16-20)24(21-10-7-6-8-11-21)18-26(29(37)35(27)19-28(36)34-31(2,3)4)33-30(38)32-22-12-9-13-23(17-22)39-5/h6-17,24,26H,18-19H2,1-5H3,(H,34,36)(H2,32,33,38). The summed E-state index contributed by atoms with van der Waals surface area (Å²) in [5.41, 5.74) is 3.76. The molecule has 4 rings (SSSR count). The zero-order valence-electron chi connectivity index (χ0n) is 23.1. The summed E-state index contributed by atoms with van der Waals surface area (Å²) >= 11 is 0. The van der Waals surface area contributed by atoms with Crippen LogP contribution in [-0.4, -0.2) is 43.1 Å². The van der Waals surface area contributed by atoms with Crippen LogP contribution in [0.15, 0.2) is 72.8 Å². The van der Waals surface area contributed by atoms with Gasteiger partial charge >= 0.3 is 6.03 Å². The van der Waals surface area contributed by atoms with Crippen LogP contribution in [0.25, 0.3) is 0 Å². The maximum Gasteiger partial charge on any atom is 0.319 e. The summed E-state index contributed by atoms with van der Waals surface area (Å²) in [5, 5.41) is 8.63. The molecule has 1 aliphatic rings. The van der Waals surface area contributed by atoms with Gasteiger partial charge in [-0.1, -0.05) is 54.1 Å². The lowest BCUT2D eigenvalue weighted by molar-refractivity contribution is -0.125. The van der Waals surface area contributed by atoms with Gasteiger partial charge in [0.15, 0.2) is 0 Å². The van der Waals surface area contributed by atoms with Crippen molar-refractivity contribution in [2.24, 2.45) is 0 Å². The van der Waals surface area contributed by atoms with Gasteiger partial charge in [0.1, 0.15) is 18.3 Å². The number of hydrogen-bond acceptors (Lipinski definition) is 4. The maximum atomic E-state index is 14.0. The van der Waals surface area contributed by atoms with Crippen LogP contribution in [0.1, 0.15) is 49.8 Å². The quantitative estimate of drug-likeness (QED) is 0.420. The number of ether oxygens (including phenoxy) is 1. The second-order valence-corrected chi connectivity index (χ2v) is 10.9. The number of nitrogens with one attached hydrogen (secondary N) is 3. The van der Waals surface area contributed by atoms with Crippen LogP contribution in [-0.2, 0) is 9.59 Å². The van der Waals surface area contributed by atoms with E-state index < -0.39 is 17.6 Å². The number of carbonyl (C=O) groups is 3. The molecule has 1 aliphatic heterocycles. The Hall–Kier alpha value is -4.33. The molecule has 0 aliphatic carbocycles. The molecule has 1 heterocycles. The topological polar surface area (TPSA) is 99.8 Å². The summed E-state index contributed by atoms with van der Waals surface area (Å²) in [5.74, 6) is -0.198. The van der Waals surface area contributed by atoms with Gasteiger partial charge in [-0.3, -0.25) is 9.59 Å². The highest BCUT2D eigenvalue weighted by Gasteiger charge is 2.37. The number of nitrogens with zero attached hydrogens (tertiary/aromatic N) is 1. The maximum absolute atomic E-state index is 14.0. The minimum Gasteiger partial charge on any atom is -0.497 e. The second-order valence-electron chi connectivity index (χ2n) is 10.9. The van der Waals surface area contributed by atoms with E-state index in [0.29, 0.717) is 23.5 Å². The predicted octanol–water partition coefficient (Wildman–Crippen LogP) is 4.98. The number of hydrogen-bond donors (Lipinski definition) is 3. The Morgan fingerprint density at radius 2 is 1.74 bits per heavy atom. The molecule has 2 atom stereocenters. The van der Waals surface area contributed by atoms with E-state index in [1.54, 1.807) is 31.4 Å². The molecule has 8 nitrogen and oxygen atoms in total. The van der Waals surface area contributed by atoms with Crippen LogP contribution in [0.3, 0.4) is 0 Å². The second kappa shape index (κ2) is 11.6. The zero-order chi connectivity index (χ0) is 28.2. The van der Waals surface area contributed by atoms with Crippen molar-refractivity contribution in [3.63, 3.8) is 0 Å². The van der Waals surface area contributed by atoms with Gasteiger partial charge in [-0.25, -0.2) is 4.79 Å². The van der Waals surface area contributed by atoms with Crippen LogP contribution < -0.4 is 25.6 Å². The highest BCUT2D eigenvalue weighted by Crippen LogP contribution is 2.39. The first-order valence-electron chi connectivity index (χ1n) is 13.0. The van der Waals surface area contributed by atoms with Gasteiger partial charge < -0.3 is 25.6 Å². The van der Waals surface area contributed by atoms with Gasteiger partial charge in [-0.2, -0.15) is 0 Å². The molecule has 0 radical (unpaired) electrons. The molecular weight excluding hydrogens is 492 g/mol. The lowest BCUT2D eigenvalue weighted by atomic mass is 9.85.